The van der Waals surface area contributed by atoms with E-state index in [1.165, 1.54) is 0 Å². The second-order valence-corrected chi connectivity index (χ2v) is 5.68. The lowest BCUT2D eigenvalue weighted by Gasteiger charge is -2.09. The van der Waals surface area contributed by atoms with Crippen molar-refractivity contribution in [3.05, 3.63) is 70.6 Å². The fraction of sp³-hybridized carbons (Fsp3) is 0.158. The van der Waals surface area contributed by atoms with E-state index < -0.39 is 5.63 Å². The van der Waals surface area contributed by atoms with E-state index >= 15 is 0 Å². The number of amides is 1. The maximum Gasteiger partial charge on any atom is 0.345 e. The first-order chi connectivity index (χ1) is 12.2. The molecule has 0 radical (unpaired) electrons. The Morgan fingerprint density at radius 3 is 2.76 bits per heavy atom. The van der Waals surface area contributed by atoms with Crippen LogP contribution in [0, 0.1) is 0 Å². The SMILES string of the molecule is CCn1c(C(=O)NCc2ccco2)cc2c(=O)oc3ccccc3c21. The minimum absolute atomic E-state index is 0.266. The highest BCUT2D eigenvalue weighted by Crippen LogP contribution is 2.26. The summed E-state index contributed by atoms with van der Waals surface area (Å²) < 4.78 is 12.4. The number of carbonyl (C=O) groups is 1. The van der Waals surface area contributed by atoms with Gasteiger partial charge in [0.25, 0.3) is 5.91 Å². The molecule has 6 nitrogen and oxygen atoms in total. The number of para-hydroxylation sites is 1. The van der Waals surface area contributed by atoms with E-state index in [0.29, 0.717) is 29.0 Å². The summed E-state index contributed by atoms with van der Waals surface area (Å²) in [4.78, 5) is 24.9. The molecule has 0 saturated carbocycles. The quantitative estimate of drug-likeness (QED) is 0.580. The summed E-state index contributed by atoms with van der Waals surface area (Å²) in [5, 5.41) is 4.03. The molecular formula is C19H16N2O4. The van der Waals surface area contributed by atoms with E-state index in [9.17, 15) is 9.59 Å². The zero-order valence-corrected chi connectivity index (χ0v) is 13.6. The van der Waals surface area contributed by atoms with Gasteiger partial charge in [0.05, 0.1) is 23.7 Å². The molecule has 3 aromatic heterocycles. The lowest BCUT2D eigenvalue weighted by Crippen LogP contribution is -2.25. The zero-order valence-electron chi connectivity index (χ0n) is 13.6. The first kappa shape index (κ1) is 15.3. The molecule has 6 heteroatoms. The van der Waals surface area contributed by atoms with Gasteiger partial charge < -0.3 is 18.7 Å². The molecule has 4 rings (SSSR count). The fourth-order valence-corrected chi connectivity index (χ4v) is 3.09. The molecule has 0 bridgehead atoms. The third-order valence-corrected chi connectivity index (χ3v) is 4.21. The number of furan rings is 1. The van der Waals surface area contributed by atoms with Crippen LogP contribution in [0.4, 0.5) is 0 Å². The average molecular weight is 336 g/mol. The Morgan fingerprint density at radius 1 is 1.16 bits per heavy atom. The van der Waals surface area contributed by atoms with Gasteiger partial charge in [-0.2, -0.15) is 0 Å². The number of aryl methyl sites for hydroxylation is 1. The monoisotopic (exact) mass is 336 g/mol. The van der Waals surface area contributed by atoms with Crippen molar-refractivity contribution in [2.24, 2.45) is 0 Å². The van der Waals surface area contributed by atoms with Crippen molar-refractivity contribution in [3.63, 3.8) is 0 Å². The van der Waals surface area contributed by atoms with Crippen LogP contribution in [-0.2, 0) is 13.1 Å². The molecule has 0 unspecified atom stereocenters. The standard InChI is InChI=1S/C19H16N2O4/c1-2-21-15(18(22)20-11-12-6-5-9-24-12)10-14-17(21)13-7-3-4-8-16(13)25-19(14)23/h3-10H,2,11H2,1H3,(H,20,22). The molecule has 0 spiro atoms. The summed E-state index contributed by atoms with van der Waals surface area (Å²) in [6, 6.07) is 12.5. The number of nitrogens with zero attached hydrogens (tertiary/aromatic N) is 1. The Balaban J connectivity index is 1.84. The second kappa shape index (κ2) is 5.98. The number of nitrogens with one attached hydrogen (secondary N) is 1. The maximum atomic E-state index is 12.6. The Labute approximate surface area is 142 Å². The number of aromatic nitrogens is 1. The molecule has 126 valence electrons. The molecule has 0 aliphatic heterocycles. The lowest BCUT2D eigenvalue weighted by molar-refractivity contribution is 0.0939. The number of hydrogen-bond acceptors (Lipinski definition) is 4. The Bertz CT molecular complexity index is 1120. The number of hydrogen-bond donors (Lipinski definition) is 1. The van der Waals surface area contributed by atoms with Crippen LogP contribution in [0.15, 0.2) is 62.4 Å². The van der Waals surface area contributed by atoms with Crippen molar-refractivity contribution in [1.82, 2.24) is 9.88 Å². The van der Waals surface area contributed by atoms with Gasteiger partial charge >= 0.3 is 5.63 Å². The molecule has 0 atom stereocenters. The fourth-order valence-electron chi connectivity index (χ4n) is 3.09. The van der Waals surface area contributed by atoms with Crippen LogP contribution >= 0.6 is 0 Å². The first-order valence-corrected chi connectivity index (χ1v) is 8.04. The van der Waals surface area contributed by atoms with E-state index in [1.807, 2.05) is 29.7 Å². The molecule has 0 saturated heterocycles. The van der Waals surface area contributed by atoms with Gasteiger partial charge in [0.1, 0.15) is 17.0 Å². The van der Waals surface area contributed by atoms with E-state index in [2.05, 4.69) is 5.32 Å². The normalized spacial score (nSPS) is 11.2. The van der Waals surface area contributed by atoms with Crippen molar-refractivity contribution < 1.29 is 13.6 Å². The molecule has 1 aromatic carbocycles. The summed E-state index contributed by atoms with van der Waals surface area (Å²) in [5.74, 6) is 0.399. The number of rotatable bonds is 4. The van der Waals surface area contributed by atoms with Crippen LogP contribution in [0.3, 0.4) is 0 Å². The topological polar surface area (TPSA) is 77.4 Å². The number of benzene rings is 1. The van der Waals surface area contributed by atoms with E-state index in [0.717, 1.165) is 10.9 Å². The third-order valence-electron chi connectivity index (χ3n) is 4.21. The van der Waals surface area contributed by atoms with Gasteiger partial charge in [-0.3, -0.25) is 4.79 Å². The molecule has 0 fully saturated rings. The largest absolute Gasteiger partial charge is 0.467 e. The van der Waals surface area contributed by atoms with Gasteiger partial charge in [-0.05, 0) is 37.3 Å². The van der Waals surface area contributed by atoms with E-state index in [-0.39, 0.29) is 12.5 Å². The smallest absolute Gasteiger partial charge is 0.345 e. The van der Waals surface area contributed by atoms with Gasteiger partial charge in [0.2, 0.25) is 0 Å². The predicted octanol–water partition coefficient (Wildman–Crippen LogP) is 3.29. The van der Waals surface area contributed by atoms with Gasteiger partial charge in [0.15, 0.2) is 0 Å². The maximum absolute atomic E-state index is 12.6. The Hall–Kier alpha value is -3.28. The molecule has 0 aliphatic carbocycles. The van der Waals surface area contributed by atoms with Crippen molar-refractivity contribution >= 4 is 27.8 Å². The van der Waals surface area contributed by atoms with Gasteiger partial charge in [-0.15, -0.1) is 0 Å². The minimum atomic E-state index is -0.444. The molecule has 1 amide bonds. The summed E-state index contributed by atoms with van der Waals surface area (Å²) >= 11 is 0. The van der Waals surface area contributed by atoms with Crippen molar-refractivity contribution in [3.8, 4) is 0 Å². The highest BCUT2D eigenvalue weighted by Gasteiger charge is 2.19. The van der Waals surface area contributed by atoms with Crippen LogP contribution in [0.5, 0.6) is 0 Å². The van der Waals surface area contributed by atoms with Crippen LogP contribution in [0.1, 0.15) is 23.2 Å². The lowest BCUT2D eigenvalue weighted by atomic mass is 10.2. The minimum Gasteiger partial charge on any atom is -0.467 e. The van der Waals surface area contributed by atoms with Gasteiger partial charge in [-0.25, -0.2) is 4.79 Å². The molecule has 0 aliphatic rings. The Morgan fingerprint density at radius 2 is 2.00 bits per heavy atom. The average Bonchev–Trinajstić information content (AvgIpc) is 3.27. The zero-order chi connectivity index (χ0) is 17.4. The van der Waals surface area contributed by atoms with Crippen molar-refractivity contribution in [2.75, 3.05) is 0 Å². The second-order valence-electron chi connectivity index (χ2n) is 5.68. The van der Waals surface area contributed by atoms with Crippen LogP contribution in [0.2, 0.25) is 0 Å². The van der Waals surface area contributed by atoms with Crippen molar-refractivity contribution in [1.29, 1.82) is 0 Å². The van der Waals surface area contributed by atoms with Crippen molar-refractivity contribution in [2.45, 2.75) is 20.0 Å². The number of fused-ring (bicyclic) bond motifs is 3. The highest BCUT2D eigenvalue weighted by atomic mass is 16.4. The van der Waals surface area contributed by atoms with Gasteiger partial charge in [-0.1, -0.05) is 12.1 Å². The molecule has 25 heavy (non-hydrogen) atoms. The van der Waals surface area contributed by atoms with Crippen LogP contribution in [-0.4, -0.2) is 10.5 Å². The summed E-state index contributed by atoms with van der Waals surface area (Å²) in [6.45, 7) is 2.78. The molecular weight excluding hydrogens is 320 g/mol. The molecule has 3 heterocycles. The van der Waals surface area contributed by atoms with E-state index in [1.54, 1.807) is 30.5 Å². The highest BCUT2D eigenvalue weighted by molar-refractivity contribution is 6.07. The number of carbonyl (C=O) groups excluding carboxylic acids is 1. The van der Waals surface area contributed by atoms with E-state index in [4.69, 9.17) is 8.83 Å². The first-order valence-electron chi connectivity index (χ1n) is 8.04. The third kappa shape index (κ3) is 2.52. The molecule has 4 aromatic rings. The van der Waals surface area contributed by atoms with Gasteiger partial charge in [0, 0.05) is 11.9 Å². The summed E-state index contributed by atoms with van der Waals surface area (Å²) in [5.41, 5.74) is 1.21. The van der Waals surface area contributed by atoms with Crippen LogP contribution < -0.4 is 10.9 Å². The molecule has 1 N–H and O–H groups in total. The summed E-state index contributed by atoms with van der Waals surface area (Å²) in [6.07, 6.45) is 1.56. The predicted molar refractivity (Wildman–Crippen MR) is 93.5 cm³/mol. The Kier molecular flexibility index (Phi) is 3.65. The summed E-state index contributed by atoms with van der Waals surface area (Å²) in [7, 11) is 0. The van der Waals surface area contributed by atoms with Crippen LogP contribution in [0.25, 0.3) is 21.9 Å².